The van der Waals surface area contributed by atoms with Gasteiger partial charge in [0.25, 0.3) is 0 Å². The summed E-state index contributed by atoms with van der Waals surface area (Å²) in [4.78, 5) is 0. The van der Waals surface area contributed by atoms with Crippen LogP contribution < -0.4 is 0 Å². The molecule has 0 aromatic rings. The zero-order chi connectivity index (χ0) is 4.83. The van der Waals surface area contributed by atoms with Gasteiger partial charge in [-0.15, -0.1) is 18.3 Å². The maximum atomic E-state index is 6.37. The number of hydrogen-bond acceptors (Lipinski definition) is 2. The second-order valence-electron chi connectivity index (χ2n) is 0.702. The fourth-order valence-electron chi connectivity index (χ4n) is 0.101. The van der Waals surface area contributed by atoms with Gasteiger partial charge in [-0.3, -0.25) is 5.41 Å². The lowest BCUT2D eigenvalue weighted by atomic mass is 10.8. The van der Waals surface area contributed by atoms with Crippen molar-refractivity contribution in [3.63, 3.8) is 0 Å². The van der Waals surface area contributed by atoms with Gasteiger partial charge in [0.1, 0.15) is 5.55 Å². The molecule has 0 aliphatic heterocycles. The molecule has 0 heterocycles. The minimum absolute atomic E-state index is 0.795. The topological polar surface area (TPSA) is 23.9 Å². The molecule has 0 atom stereocenters. The Bertz CT molecular complexity index is 43.5. The normalized spacial score (nSPS) is 7.33. The van der Waals surface area contributed by atoms with Gasteiger partial charge < -0.3 is 0 Å². The van der Waals surface area contributed by atoms with Crippen LogP contribution >= 0.6 is 11.8 Å². The van der Waals surface area contributed by atoms with Gasteiger partial charge in [0, 0.05) is 5.75 Å². The van der Waals surface area contributed by atoms with Gasteiger partial charge in [0.05, 0.1) is 0 Å². The van der Waals surface area contributed by atoms with Crippen LogP contribution in [0.3, 0.4) is 0 Å². The van der Waals surface area contributed by atoms with Gasteiger partial charge in [0.2, 0.25) is 0 Å². The van der Waals surface area contributed by atoms with Crippen molar-refractivity contribution in [1.29, 1.82) is 5.41 Å². The molecule has 0 saturated heterocycles. The summed E-state index contributed by atoms with van der Waals surface area (Å²) < 4.78 is 0. The average Bonchev–Trinajstić information content (AvgIpc) is 1.61. The SMILES string of the molecule is C=CCS[C]=N. The lowest BCUT2D eigenvalue weighted by molar-refractivity contribution is 1.60. The first kappa shape index (κ1) is 5.76. The van der Waals surface area contributed by atoms with E-state index < -0.39 is 0 Å². The second kappa shape index (κ2) is 4.76. The van der Waals surface area contributed by atoms with Crippen molar-refractivity contribution in [2.24, 2.45) is 0 Å². The summed E-state index contributed by atoms with van der Waals surface area (Å²) >= 11 is 1.31. The molecular formula is C4H6NS. The molecule has 6 heavy (non-hydrogen) atoms. The molecule has 0 rings (SSSR count). The van der Waals surface area contributed by atoms with Gasteiger partial charge in [-0.05, 0) is 0 Å². The molecule has 0 aromatic carbocycles. The van der Waals surface area contributed by atoms with Crippen LogP contribution in [0.4, 0.5) is 0 Å². The maximum absolute atomic E-state index is 6.37. The van der Waals surface area contributed by atoms with Crippen LogP contribution in [0.25, 0.3) is 0 Å². The molecule has 33 valence electrons. The maximum Gasteiger partial charge on any atom is 0.119 e. The first-order valence-electron chi connectivity index (χ1n) is 1.56. The van der Waals surface area contributed by atoms with Gasteiger partial charge >= 0.3 is 0 Å². The Balaban J connectivity index is 2.66. The highest BCUT2D eigenvalue weighted by atomic mass is 32.2. The van der Waals surface area contributed by atoms with Crippen LogP contribution in [0.5, 0.6) is 0 Å². The molecule has 0 aliphatic rings. The fourth-order valence-corrected chi connectivity index (χ4v) is 0.302. The standard InChI is InChI=1S/C4H6NS/c1-2-3-6-4-5/h2,5H,1,3H2. The molecule has 1 N–H and O–H groups in total. The molecule has 0 aromatic heterocycles. The Hall–Kier alpha value is -0.240. The summed E-state index contributed by atoms with van der Waals surface area (Å²) in [5, 5.41) is 6.37. The van der Waals surface area contributed by atoms with Crippen molar-refractivity contribution in [2.45, 2.75) is 0 Å². The van der Waals surface area contributed by atoms with Crippen molar-refractivity contribution >= 4 is 17.3 Å². The minimum atomic E-state index is 0.795. The van der Waals surface area contributed by atoms with Crippen LogP contribution in [-0.2, 0) is 0 Å². The van der Waals surface area contributed by atoms with Gasteiger partial charge in [-0.1, -0.05) is 6.08 Å². The first-order valence-corrected chi connectivity index (χ1v) is 2.54. The lowest BCUT2D eigenvalue weighted by Crippen LogP contribution is -1.62. The molecule has 0 fully saturated rings. The quantitative estimate of drug-likeness (QED) is 0.246. The van der Waals surface area contributed by atoms with Crippen molar-refractivity contribution in [3.05, 3.63) is 12.7 Å². The van der Waals surface area contributed by atoms with E-state index in [-0.39, 0.29) is 0 Å². The molecule has 1 nitrogen and oxygen atoms in total. The van der Waals surface area contributed by atoms with Crippen LogP contribution in [0.15, 0.2) is 12.7 Å². The van der Waals surface area contributed by atoms with E-state index in [1.54, 1.807) is 6.08 Å². The van der Waals surface area contributed by atoms with E-state index >= 15 is 0 Å². The Kier molecular flexibility index (Phi) is 4.57. The highest BCUT2D eigenvalue weighted by molar-refractivity contribution is 8.12. The second-order valence-corrected chi connectivity index (χ2v) is 1.53. The Morgan fingerprint density at radius 2 is 2.67 bits per heavy atom. The third kappa shape index (κ3) is 3.76. The molecule has 0 unspecified atom stereocenters. The Morgan fingerprint density at radius 3 is 2.83 bits per heavy atom. The number of thioether (sulfide) groups is 1. The minimum Gasteiger partial charge on any atom is -0.292 e. The lowest BCUT2D eigenvalue weighted by Gasteiger charge is -1.74. The molecule has 0 bridgehead atoms. The van der Waals surface area contributed by atoms with Crippen LogP contribution in [0.1, 0.15) is 0 Å². The van der Waals surface area contributed by atoms with Crippen molar-refractivity contribution < 1.29 is 0 Å². The fraction of sp³-hybridized carbons (Fsp3) is 0.250. The summed E-state index contributed by atoms with van der Waals surface area (Å²) in [6, 6.07) is 0. The number of rotatable bonds is 3. The van der Waals surface area contributed by atoms with E-state index in [1.165, 1.54) is 11.8 Å². The summed E-state index contributed by atoms with van der Waals surface area (Å²) in [6.45, 7) is 3.45. The van der Waals surface area contributed by atoms with E-state index in [1.807, 2.05) is 0 Å². The Morgan fingerprint density at radius 1 is 2.00 bits per heavy atom. The highest BCUT2D eigenvalue weighted by Gasteiger charge is 1.68. The van der Waals surface area contributed by atoms with Crippen LogP contribution in [-0.4, -0.2) is 11.3 Å². The van der Waals surface area contributed by atoms with Crippen LogP contribution in [0, 0.1) is 5.41 Å². The summed E-state index contributed by atoms with van der Waals surface area (Å²) in [5.41, 5.74) is 2.16. The van der Waals surface area contributed by atoms with E-state index in [2.05, 4.69) is 12.1 Å². The van der Waals surface area contributed by atoms with Crippen molar-refractivity contribution in [2.75, 3.05) is 5.75 Å². The summed E-state index contributed by atoms with van der Waals surface area (Å²) in [7, 11) is 0. The smallest absolute Gasteiger partial charge is 0.119 e. The molecule has 2 heteroatoms. The summed E-state index contributed by atoms with van der Waals surface area (Å²) in [6.07, 6.45) is 1.74. The van der Waals surface area contributed by atoms with Gasteiger partial charge in [-0.2, -0.15) is 0 Å². The molecule has 0 saturated carbocycles. The zero-order valence-corrected chi connectivity index (χ0v) is 4.22. The molecule has 0 spiro atoms. The summed E-state index contributed by atoms with van der Waals surface area (Å²) in [5.74, 6) is 0.795. The van der Waals surface area contributed by atoms with Gasteiger partial charge in [-0.25, -0.2) is 0 Å². The van der Waals surface area contributed by atoms with Gasteiger partial charge in [0.15, 0.2) is 0 Å². The van der Waals surface area contributed by atoms with E-state index in [9.17, 15) is 0 Å². The highest BCUT2D eigenvalue weighted by Crippen LogP contribution is 1.89. The monoisotopic (exact) mass is 100 g/mol. The van der Waals surface area contributed by atoms with Crippen molar-refractivity contribution in [3.8, 4) is 0 Å². The van der Waals surface area contributed by atoms with Crippen molar-refractivity contribution in [1.82, 2.24) is 0 Å². The number of hydrogen-bond donors (Lipinski definition) is 1. The first-order chi connectivity index (χ1) is 2.91. The molecule has 0 amide bonds. The largest absolute Gasteiger partial charge is 0.292 e. The van der Waals surface area contributed by atoms with E-state index in [0.29, 0.717) is 0 Å². The average molecular weight is 100 g/mol. The molecular weight excluding hydrogens is 94.1 g/mol. The predicted octanol–water partition coefficient (Wildman–Crippen LogP) is 1.39. The Labute approximate surface area is 42.0 Å². The third-order valence-electron chi connectivity index (χ3n) is 0.273. The van der Waals surface area contributed by atoms with E-state index in [4.69, 9.17) is 5.41 Å². The molecule has 0 aliphatic carbocycles. The van der Waals surface area contributed by atoms with Crippen LogP contribution in [0.2, 0.25) is 0 Å². The van der Waals surface area contributed by atoms with E-state index in [0.717, 1.165) is 5.75 Å². The zero-order valence-electron chi connectivity index (χ0n) is 3.40. The predicted molar refractivity (Wildman–Crippen MR) is 30.4 cm³/mol. The third-order valence-corrected chi connectivity index (χ3v) is 0.820. The number of nitrogens with one attached hydrogen (secondary N) is 1. The molecule has 1 radical (unpaired) electrons.